The van der Waals surface area contributed by atoms with Crippen LogP contribution in [0.2, 0.25) is 0 Å². The highest BCUT2D eigenvalue weighted by Crippen LogP contribution is 2.15. The molecule has 0 saturated carbocycles. The Kier molecular flexibility index (Phi) is 8.28. The molecular weight excluding hydrogens is 446 g/mol. The highest BCUT2D eigenvalue weighted by atomic mass is 79.9. The molecule has 3 rings (SSSR count). The van der Waals surface area contributed by atoms with E-state index < -0.39 is 0 Å². The Bertz CT molecular complexity index is 832. The van der Waals surface area contributed by atoms with Crippen LogP contribution in [0.3, 0.4) is 0 Å². The van der Waals surface area contributed by atoms with Crippen molar-refractivity contribution >= 4 is 27.7 Å². The summed E-state index contributed by atoms with van der Waals surface area (Å²) in [6, 6.07) is 15.4. The van der Waals surface area contributed by atoms with Crippen molar-refractivity contribution in [2.24, 2.45) is 0 Å². The van der Waals surface area contributed by atoms with Crippen LogP contribution in [0.4, 0.5) is 0 Å². The summed E-state index contributed by atoms with van der Waals surface area (Å²) in [4.78, 5) is 28.8. The first-order valence-electron chi connectivity index (χ1n) is 10.3. The third-order valence-corrected chi connectivity index (χ3v) is 5.63. The number of hydrogen-bond donors (Lipinski definition) is 1. The molecule has 2 aromatic carbocycles. The van der Waals surface area contributed by atoms with Crippen LogP contribution in [-0.4, -0.2) is 60.9 Å². The third kappa shape index (κ3) is 6.57. The maximum atomic E-state index is 12.5. The molecule has 0 aromatic heterocycles. The molecule has 1 aliphatic heterocycles. The Morgan fingerprint density at radius 3 is 2.30 bits per heavy atom. The molecule has 1 aliphatic rings. The number of rotatable bonds is 8. The van der Waals surface area contributed by atoms with E-state index in [1.165, 1.54) is 5.56 Å². The number of nitrogens with zero attached hydrogens (tertiary/aromatic N) is 2. The second kappa shape index (κ2) is 11.1. The lowest BCUT2D eigenvalue weighted by Gasteiger charge is -2.34. The Hall–Kier alpha value is -2.38. The van der Waals surface area contributed by atoms with Gasteiger partial charge in [-0.25, -0.2) is 0 Å². The van der Waals surface area contributed by atoms with Crippen molar-refractivity contribution in [1.82, 2.24) is 15.1 Å². The van der Waals surface area contributed by atoms with Crippen LogP contribution < -0.4 is 10.1 Å². The van der Waals surface area contributed by atoms with E-state index in [0.717, 1.165) is 42.9 Å². The standard InChI is InChI=1S/C23H28BrN3O3/c1-2-30-21-9-3-18(4-10-21)17-26-13-15-27(16-14-26)22(28)11-12-25-23(29)19-5-7-20(24)8-6-19/h3-10H,2,11-17H2,1H3,(H,25,29). The van der Waals surface area contributed by atoms with Crippen LogP contribution in [0.25, 0.3) is 0 Å². The molecule has 0 spiro atoms. The Morgan fingerprint density at radius 2 is 1.67 bits per heavy atom. The Morgan fingerprint density at radius 1 is 1.00 bits per heavy atom. The van der Waals surface area contributed by atoms with Crippen molar-refractivity contribution in [3.8, 4) is 5.75 Å². The van der Waals surface area contributed by atoms with Gasteiger partial charge in [-0.2, -0.15) is 0 Å². The molecule has 0 aliphatic carbocycles. The fourth-order valence-electron chi connectivity index (χ4n) is 3.42. The molecule has 160 valence electrons. The Balaban J connectivity index is 1.36. The van der Waals surface area contributed by atoms with Gasteiger partial charge in [0, 0.05) is 55.7 Å². The first-order valence-corrected chi connectivity index (χ1v) is 11.1. The zero-order valence-electron chi connectivity index (χ0n) is 17.3. The topological polar surface area (TPSA) is 61.9 Å². The van der Waals surface area contributed by atoms with Gasteiger partial charge in [0.15, 0.2) is 0 Å². The van der Waals surface area contributed by atoms with Crippen molar-refractivity contribution in [2.45, 2.75) is 19.9 Å². The monoisotopic (exact) mass is 473 g/mol. The molecule has 0 unspecified atom stereocenters. The largest absolute Gasteiger partial charge is 0.494 e. The summed E-state index contributed by atoms with van der Waals surface area (Å²) >= 11 is 3.35. The molecule has 1 fully saturated rings. The quantitative estimate of drug-likeness (QED) is 0.638. The van der Waals surface area contributed by atoms with Crippen molar-refractivity contribution in [1.29, 1.82) is 0 Å². The summed E-state index contributed by atoms with van der Waals surface area (Å²) in [5.41, 5.74) is 1.84. The van der Waals surface area contributed by atoms with E-state index in [2.05, 4.69) is 38.3 Å². The van der Waals surface area contributed by atoms with Crippen LogP contribution in [0.15, 0.2) is 53.0 Å². The molecule has 1 N–H and O–H groups in total. The van der Waals surface area contributed by atoms with Crippen molar-refractivity contribution in [2.75, 3.05) is 39.3 Å². The first-order chi connectivity index (χ1) is 14.5. The molecule has 0 radical (unpaired) electrons. The summed E-state index contributed by atoms with van der Waals surface area (Å²) in [6.45, 7) is 7.01. The molecule has 1 heterocycles. The Labute approximate surface area is 186 Å². The van der Waals surface area contributed by atoms with Crippen molar-refractivity contribution in [3.63, 3.8) is 0 Å². The highest BCUT2D eigenvalue weighted by molar-refractivity contribution is 9.10. The predicted molar refractivity (Wildman–Crippen MR) is 121 cm³/mol. The first kappa shape index (κ1) is 22.3. The number of piperazine rings is 1. The molecule has 30 heavy (non-hydrogen) atoms. The van der Waals surface area contributed by atoms with E-state index in [9.17, 15) is 9.59 Å². The summed E-state index contributed by atoms with van der Waals surface area (Å²) in [5.74, 6) is 0.825. The van der Waals surface area contributed by atoms with Gasteiger partial charge in [0.2, 0.25) is 5.91 Å². The molecule has 1 saturated heterocycles. The molecule has 7 heteroatoms. The molecule has 2 amide bonds. The number of halogens is 1. The minimum absolute atomic E-state index is 0.0897. The molecule has 6 nitrogen and oxygen atoms in total. The van der Waals surface area contributed by atoms with Gasteiger partial charge in [0.05, 0.1) is 6.61 Å². The van der Waals surface area contributed by atoms with Gasteiger partial charge in [-0.05, 0) is 48.9 Å². The lowest BCUT2D eigenvalue weighted by molar-refractivity contribution is -0.132. The number of hydrogen-bond acceptors (Lipinski definition) is 4. The van der Waals surface area contributed by atoms with Gasteiger partial charge < -0.3 is 15.0 Å². The minimum Gasteiger partial charge on any atom is -0.494 e. The molecule has 0 bridgehead atoms. The fourth-order valence-corrected chi connectivity index (χ4v) is 3.68. The average Bonchev–Trinajstić information content (AvgIpc) is 2.76. The van der Waals surface area contributed by atoms with Gasteiger partial charge in [0.1, 0.15) is 5.75 Å². The second-order valence-corrected chi connectivity index (χ2v) is 8.16. The van der Waals surface area contributed by atoms with Crippen LogP contribution in [0.5, 0.6) is 5.75 Å². The number of nitrogens with one attached hydrogen (secondary N) is 1. The van der Waals surface area contributed by atoms with E-state index in [1.807, 2.05) is 36.1 Å². The number of benzene rings is 2. The van der Waals surface area contributed by atoms with Crippen LogP contribution in [-0.2, 0) is 11.3 Å². The van der Waals surface area contributed by atoms with E-state index in [1.54, 1.807) is 12.1 Å². The van der Waals surface area contributed by atoms with E-state index in [0.29, 0.717) is 25.1 Å². The van der Waals surface area contributed by atoms with Crippen LogP contribution >= 0.6 is 15.9 Å². The lowest BCUT2D eigenvalue weighted by atomic mass is 10.2. The number of carbonyl (C=O) groups is 2. The van der Waals surface area contributed by atoms with Crippen LogP contribution in [0.1, 0.15) is 29.3 Å². The average molecular weight is 474 g/mol. The highest BCUT2D eigenvalue weighted by Gasteiger charge is 2.21. The predicted octanol–water partition coefficient (Wildman–Crippen LogP) is 3.31. The van der Waals surface area contributed by atoms with E-state index in [-0.39, 0.29) is 11.8 Å². The summed E-state index contributed by atoms with van der Waals surface area (Å²) in [6.07, 6.45) is 0.321. The van der Waals surface area contributed by atoms with Gasteiger partial charge >= 0.3 is 0 Å². The molecular formula is C23H28BrN3O3. The molecule has 2 aromatic rings. The van der Waals surface area contributed by atoms with E-state index in [4.69, 9.17) is 4.74 Å². The summed E-state index contributed by atoms with van der Waals surface area (Å²) in [7, 11) is 0. The SMILES string of the molecule is CCOc1ccc(CN2CCN(C(=O)CCNC(=O)c3ccc(Br)cc3)CC2)cc1. The minimum atomic E-state index is -0.157. The maximum absolute atomic E-state index is 12.5. The van der Waals surface area contributed by atoms with Crippen molar-refractivity contribution < 1.29 is 14.3 Å². The zero-order chi connectivity index (χ0) is 21.3. The normalized spacial score (nSPS) is 14.4. The summed E-state index contributed by atoms with van der Waals surface area (Å²) < 4.78 is 6.41. The second-order valence-electron chi connectivity index (χ2n) is 7.25. The smallest absolute Gasteiger partial charge is 0.251 e. The lowest BCUT2D eigenvalue weighted by Crippen LogP contribution is -2.48. The van der Waals surface area contributed by atoms with Gasteiger partial charge in [0.25, 0.3) is 5.91 Å². The van der Waals surface area contributed by atoms with Crippen LogP contribution in [0, 0.1) is 0 Å². The zero-order valence-corrected chi connectivity index (χ0v) is 18.9. The van der Waals surface area contributed by atoms with Gasteiger partial charge in [-0.3, -0.25) is 14.5 Å². The summed E-state index contributed by atoms with van der Waals surface area (Å²) in [5, 5.41) is 2.82. The van der Waals surface area contributed by atoms with E-state index >= 15 is 0 Å². The number of carbonyl (C=O) groups excluding carboxylic acids is 2. The fraction of sp³-hybridized carbons (Fsp3) is 0.391. The van der Waals surface area contributed by atoms with Gasteiger partial charge in [-0.1, -0.05) is 28.1 Å². The molecule has 0 atom stereocenters. The number of ether oxygens (including phenoxy) is 1. The third-order valence-electron chi connectivity index (χ3n) is 5.10. The van der Waals surface area contributed by atoms with Crippen molar-refractivity contribution in [3.05, 3.63) is 64.1 Å². The van der Waals surface area contributed by atoms with Gasteiger partial charge in [-0.15, -0.1) is 0 Å². The number of amides is 2. The maximum Gasteiger partial charge on any atom is 0.251 e.